The lowest BCUT2D eigenvalue weighted by Gasteiger charge is -2.17. The molecule has 2 rings (SSSR count). The first-order chi connectivity index (χ1) is 7.74. The zero-order valence-corrected chi connectivity index (χ0v) is 9.83. The van der Waals surface area contributed by atoms with Crippen LogP contribution in [0.15, 0.2) is 18.2 Å². The number of rotatable bonds is 4. The Kier molecular flexibility index (Phi) is 3.31. The number of fused-ring (bicyclic) bond motifs is 1. The summed E-state index contributed by atoms with van der Waals surface area (Å²) in [7, 11) is 0. The van der Waals surface area contributed by atoms with Crippen LogP contribution in [0.2, 0.25) is 5.02 Å². The van der Waals surface area contributed by atoms with Crippen LogP contribution in [-0.4, -0.2) is 34.8 Å². The van der Waals surface area contributed by atoms with Gasteiger partial charge in [0.1, 0.15) is 0 Å². The second kappa shape index (κ2) is 4.72. The largest absolute Gasteiger partial charge is 0.395 e. The molecule has 0 aliphatic heterocycles. The van der Waals surface area contributed by atoms with Gasteiger partial charge < -0.3 is 15.0 Å². The SMILES string of the molecule is CCN(CCO)c1nc2cc(Cl)ccc2[nH]1. The third-order valence-electron chi connectivity index (χ3n) is 2.48. The van der Waals surface area contributed by atoms with Gasteiger partial charge in [0.25, 0.3) is 0 Å². The molecule has 0 saturated heterocycles. The van der Waals surface area contributed by atoms with Crippen molar-refractivity contribution in [3.05, 3.63) is 23.2 Å². The average Bonchev–Trinajstić information content (AvgIpc) is 2.68. The van der Waals surface area contributed by atoms with Crippen LogP contribution >= 0.6 is 11.6 Å². The number of nitrogens with zero attached hydrogens (tertiary/aromatic N) is 2. The first-order valence-corrected chi connectivity index (χ1v) is 5.63. The zero-order chi connectivity index (χ0) is 11.5. The van der Waals surface area contributed by atoms with Crippen LogP contribution in [-0.2, 0) is 0 Å². The molecular weight excluding hydrogens is 226 g/mol. The number of aliphatic hydroxyl groups is 1. The molecule has 0 atom stereocenters. The van der Waals surface area contributed by atoms with Crippen molar-refractivity contribution in [1.29, 1.82) is 0 Å². The van der Waals surface area contributed by atoms with Crippen molar-refractivity contribution in [3.63, 3.8) is 0 Å². The highest BCUT2D eigenvalue weighted by Crippen LogP contribution is 2.20. The summed E-state index contributed by atoms with van der Waals surface area (Å²) < 4.78 is 0. The molecular formula is C11H14ClN3O. The van der Waals surface area contributed by atoms with E-state index in [-0.39, 0.29) is 6.61 Å². The van der Waals surface area contributed by atoms with Crippen molar-refractivity contribution < 1.29 is 5.11 Å². The molecule has 5 heteroatoms. The second-order valence-electron chi connectivity index (χ2n) is 3.53. The van der Waals surface area contributed by atoms with E-state index in [1.807, 2.05) is 30.0 Å². The van der Waals surface area contributed by atoms with Gasteiger partial charge in [-0.25, -0.2) is 4.98 Å². The lowest BCUT2D eigenvalue weighted by Crippen LogP contribution is -2.27. The molecule has 1 aromatic heterocycles. The monoisotopic (exact) mass is 239 g/mol. The van der Waals surface area contributed by atoms with E-state index in [0.717, 1.165) is 23.5 Å². The molecule has 1 aromatic carbocycles. The number of aliphatic hydroxyl groups excluding tert-OH is 1. The minimum absolute atomic E-state index is 0.117. The average molecular weight is 240 g/mol. The van der Waals surface area contributed by atoms with E-state index < -0.39 is 0 Å². The Balaban J connectivity index is 2.37. The maximum absolute atomic E-state index is 8.94. The molecule has 0 bridgehead atoms. The fourth-order valence-corrected chi connectivity index (χ4v) is 1.82. The molecule has 4 nitrogen and oxygen atoms in total. The number of H-pyrrole nitrogens is 1. The molecule has 0 radical (unpaired) electrons. The van der Waals surface area contributed by atoms with Crippen molar-refractivity contribution in [3.8, 4) is 0 Å². The summed E-state index contributed by atoms with van der Waals surface area (Å²) >= 11 is 5.90. The predicted octanol–water partition coefficient (Wildman–Crippen LogP) is 2.03. The molecule has 16 heavy (non-hydrogen) atoms. The van der Waals surface area contributed by atoms with Gasteiger partial charge in [-0.2, -0.15) is 0 Å². The van der Waals surface area contributed by atoms with Gasteiger partial charge in [0.2, 0.25) is 5.95 Å². The summed E-state index contributed by atoms with van der Waals surface area (Å²) in [5, 5.41) is 9.62. The Labute approximate surface area is 98.9 Å². The van der Waals surface area contributed by atoms with Crippen molar-refractivity contribution >= 4 is 28.6 Å². The number of likely N-dealkylation sites (N-methyl/N-ethyl adjacent to an activating group) is 1. The molecule has 86 valence electrons. The van der Waals surface area contributed by atoms with Crippen LogP contribution in [0, 0.1) is 0 Å². The number of hydrogen-bond acceptors (Lipinski definition) is 3. The molecule has 0 fully saturated rings. The minimum atomic E-state index is 0.117. The van der Waals surface area contributed by atoms with Gasteiger partial charge in [0, 0.05) is 18.1 Å². The second-order valence-corrected chi connectivity index (χ2v) is 3.96. The number of halogens is 1. The molecule has 2 N–H and O–H groups in total. The highest BCUT2D eigenvalue weighted by atomic mass is 35.5. The third-order valence-corrected chi connectivity index (χ3v) is 2.72. The Morgan fingerprint density at radius 3 is 3.00 bits per heavy atom. The number of imidazole rings is 1. The van der Waals surface area contributed by atoms with Gasteiger partial charge in [0.05, 0.1) is 17.6 Å². The maximum atomic E-state index is 8.94. The lowest BCUT2D eigenvalue weighted by molar-refractivity contribution is 0.302. The predicted molar refractivity (Wildman–Crippen MR) is 66.1 cm³/mol. The third kappa shape index (κ3) is 2.13. The van der Waals surface area contributed by atoms with E-state index in [0.29, 0.717) is 11.6 Å². The lowest BCUT2D eigenvalue weighted by atomic mass is 10.3. The van der Waals surface area contributed by atoms with E-state index in [1.165, 1.54) is 0 Å². The van der Waals surface area contributed by atoms with E-state index in [2.05, 4.69) is 9.97 Å². The first kappa shape index (κ1) is 11.2. The number of anilines is 1. The Bertz CT molecular complexity index is 483. The quantitative estimate of drug-likeness (QED) is 0.859. The molecule has 0 unspecified atom stereocenters. The Morgan fingerprint density at radius 1 is 1.50 bits per heavy atom. The standard InChI is InChI=1S/C11H14ClN3O/c1-2-15(5-6-16)11-13-9-4-3-8(12)7-10(9)14-11/h3-4,7,16H,2,5-6H2,1H3,(H,13,14). The van der Waals surface area contributed by atoms with Gasteiger partial charge in [-0.1, -0.05) is 11.6 Å². The molecule has 0 amide bonds. The molecule has 0 spiro atoms. The van der Waals surface area contributed by atoms with Crippen LogP contribution < -0.4 is 4.90 Å². The fourth-order valence-electron chi connectivity index (χ4n) is 1.65. The molecule has 1 heterocycles. The van der Waals surface area contributed by atoms with E-state index >= 15 is 0 Å². The summed E-state index contributed by atoms with van der Waals surface area (Å²) in [5.74, 6) is 0.772. The van der Waals surface area contributed by atoms with Crippen molar-refractivity contribution in [2.24, 2.45) is 0 Å². The summed E-state index contributed by atoms with van der Waals surface area (Å²) in [4.78, 5) is 9.62. The van der Waals surface area contributed by atoms with E-state index in [9.17, 15) is 0 Å². The molecule has 0 aliphatic rings. The smallest absolute Gasteiger partial charge is 0.203 e. The number of nitrogens with one attached hydrogen (secondary N) is 1. The maximum Gasteiger partial charge on any atom is 0.203 e. The van der Waals surface area contributed by atoms with Gasteiger partial charge in [0.15, 0.2) is 0 Å². The first-order valence-electron chi connectivity index (χ1n) is 5.25. The van der Waals surface area contributed by atoms with Crippen LogP contribution in [0.5, 0.6) is 0 Å². The highest BCUT2D eigenvalue weighted by molar-refractivity contribution is 6.31. The van der Waals surface area contributed by atoms with E-state index in [1.54, 1.807) is 0 Å². The fraction of sp³-hybridized carbons (Fsp3) is 0.364. The summed E-state index contributed by atoms with van der Waals surface area (Å²) in [6, 6.07) is 5.55. The summed E-state index contributed by atoms with van der Waals surface area (Å²) in [5.41, 5.74) is 1.80. The van der Waals surface area contributed by atoms with Gasteiger partial charge in [-0.15, -0.1) is 0 Å². The van der Waals surface area contributed by atoms with Crippen LogP contribution in [0.4, 0.5) is 5.95 Å². The van der Waals surface area contributed by atoms with Crippen LogP contribution in [0.3, 0.4) is 0 Å². The number of aromatic amines is 1. The van der Waals surface area contributed by atoms with Gasteiger partial charge >= 0.3 is 0 Å². The number of benzene rings is 1. The van der Waals surface area contributed by atoms with E-state index in [4.69, 9.17) is 16.7 Å². The zero-order valence-electron chi connectivity index (χ0n) is 9.07. The number of aromatic nitrogens is 2. The van der Waals surface area contributed by atoms with Crippen molar-refractivity contribution in [1.82, 2.24) is 9.97 Å². The Morgan fingerprint density at radius 2 is 2.31 bits per heavy atom. The highest BCUT2D eigenvalue weighted by Gasteiger charge is 2.09. The minimum Gasteiger partial charge on any atom is -0.395 e. The van der Waals surface area contributed by atoms with Crippen LogP contribution in [0.25, 0.3) is 11.0 Å². The Hall–Kier alpha value is -1.26. The molecule has 0 saturated carbocycles. The number of hydrogen-bond donors (Lipinski definition) is 2. The normalized spacial score (nSPS) is 10.9. The van der Waals surface area contributed by atoms with Crippen molar-refractivity contribution in [2.45, 2.75) is 6.92 Å². The van der Waals surface area contributed by atoms with Crippen LogP contribution in [0.1, 0.15) is 6.92 Å². The topological polar surface area (TPSA) is 52.1 Å². The van der Waals surface area contributed by atoms with Gasteiger partial charge in [-0.05, 0) is 25.1 Å². The summed E-state index contributed by atoms with van der Waals surface area (Å²) in [6.45, 7) is 3.51. The summed E-state index contributed by atoms with van der Waals surface area (Å²) in [6.07, 6.45) is 0. The molecule has 2 aromatic rings. The van der Waals surface area contributed by atoms with Gasteiger partial charge in [-0.3, -0.25) is 0 Å². The van der Waals surface area contributed by atoms with Crippen molar-refractivity contribution in [2.75, 3.05) is 24.6 Å². The molecule has 0 aliphatic carbocycles.